The standard InChI is InChI=1S/C22H25N5/c1-3-9-17(10-4-1)20-15-21(24-16-19-13-7-8-14-23-19)27-22(26-20)25-18-11-5-2-6-12-18/h1,3-4,7-10,13-15,18H,2,5-6,11-12,16H2,(H2,24,25,26,27). The normalized spacial score (nSPS) is 14.7. The fraction of sp³-hybridized carbons (Fsp3) is 0.318. The molecule has 0 aliphatic heterocycles. The highest BCUT2D eigenvalue weighted by Crippen LogP contribution is 2.24. The van der Waals surface area contributed by atoms with Gasteiger partial charge in [-0.05, 0) is 25.0 Å². The Labute approximate surface area is 160 Å². The molecule has 3 aromatic rings. The van der Waals surface area contributed by atoms with E-state index >= 15 is 0 Å². The lowest BCUT2D eigenvalue weighted by molar-refractivity contribution is 0.461. The maximum Gasteiger partial charge on any atom is 0.225 e. The first-order valence-corrected chi connectivity index (χ1v) is 9.72. The van der Waals surface area contributed by atoms with E-state index in [0.29, 0.717) is 18.5 Å². The molecule has 0 spiro atoms. The summed E-state index contributed by atoms with van der Waals surface area (Å²) in [5.74, 6) is 1.51. The van der Waals surface area contributed by atoms with Crippen LogP contribution in [0.3, 0.4) is 0 Å². The quantitative estimate of drug-likeness (QED) is 0.656. The lowest BCUT2D eigenvalue weighted by Crippen LogP contribution is -2.23. The summed E-state index contributed by atoms with van der Waals surface area (Å²) < 4.78 is 0. The lowest BCUT2D eigenvalue weighted by Gasteiger charge is -2.23. The minimum atomic E-state index is 0.466. The van der Waals surface area contributed by atoms with Gasteiger partial charge in [-0.3, -0.25) is 4.98 Å². The number of nitrogens with zero attached hydrogens (tertiary/aromatic N) is 3. The first-order valence-electron chi connectivity index (χ1n) is 9.72. The Hall–Kier alpha value is -2.95. The number of benzene rings is 1. The Bertz CT molecular complexity index is 845. The van der Waals surface area contributed by atoms with E-state index in [1.165, 1.54) is 32.1 Å². The van der Waals surface area contributed by atoms with E-state index in [-0.39, 0.29) is 0 Å². The smallest absolute Gasteiger partial charge is 0.225 e. The van der Waals surface area contributed by atoms with Crippen molar-refractivity contribution >= 4 is 11.8 Å². The molecule has 5 nitrogen and oxygen atoms in total. The van der Waals surface area contributed by atoms with Crippen LogP contribution < -0.4 is 10.6 Å². The molecule has 0 bridgehead atoms. The maximum atomic E-state index is 4.77. The predicted octanol–water partition coefficient (Wildman–Crippen LogP) is 4.90. The van der Waals surface area contributed by atoms with Gasteiger partial charge in [-0.15, -0.1) is 0 Å². The zero-order chi connectivity index (χ0) is 18.3. The number of anilines is 2. The molecule has 2 heterocycles. The van der Waals surface area contributed by atoms with E-state index in [1.807, 2.05) is 48.7 Å². The summed E-state index contributed by atoms with van der Waals surface area (Å²) in [4.78, 5) is 13.9. The van der Waals surface area contributed by atoms with Gasteiger partial charge >= 0.3 is 0 Å². The molecule has 0 radical (unpaired) electrons. The summed E-state index contributed by atoms with van der Waals surface area (Å²) in [5.41, 5.74) is 3.00. The van der Waals surface area contributed by atoms with E-state index < -0.39 is 0 Å². The van der Waals surface area contributed by atoms with Gasteiger partial charge in [-0.1, -0.05) is 55.7 Å². The molecule has 1 fully saturated rings. The molecule has 0 unspecified atom stereocenters. The van der Waals surface area contributed by atoms with Crippen molar-refractivity contribution in [1.29, 1.82) is 0 Å². The largest absolute Gasteiger partial charge is 0.364 e. The number of nitrogens with one attached hydrogen (secondary N) is 2. The molecule has 5 heteroatoms. The molecular formula is C22H25N5. The minimum absolute atomic E-state index is 0.466. The molecule has 2 N–H and O–H groups in total. The van der Waals surface area contributed by atoms with Gasteiger partial charge < -0.3 is 10.6 Å². The van der Waals surface area contributed by atoms with Crippen LogP contribution in [-0.2, 0) is 6.54 Å². The lowest BCUT2D eigenvalue weighted by atomic mass is 9.96. The fourth-order valence-corrected chi connectivity index (χ4v) is 3.47. The van der Waals surface area contributed by atoms with Gasteiger partial charge in [0, 0.05) is 23.9 Å². The highest BCUT2D eigenvalue weighted by atomic mass is 15.2. The SMILES string of the molecule is c1ccc(-c2cc(NCc3ccccn3)nc(NC3CCCCC3)n2)cc1. The molecule has 0 amide bonds. The Morgan fingerprint density at radius 1 is 0.889 bits per heavy atom. The Balaban J connectivity index is 1.57. The molecule has 0 saturated heterocycles. The van der Waals surface area contributed by atoms with Crippen LogP contribution in [0.5, 0.6) is 0 Å². The van der Waals surface area contributed by atoms with Crippen LogP contribution >= 0.6 is 0 Å². The third-order valence-electron chi connectivity index (χ3n) is 4.91. The Morgan fingerprint density at radius 2 is 1.70 bits per heavy atom. The summed E-state index contributed by atoms with van der Waals surface area (Å²) in [6.07, 6.45) is 8.08. The zero-order valence-corrected chi connectivity index (χ0v) is 15.4. The summed E-state index contributed by atoms with van der Waals surface area (Å²) in [6, 6.07) is 18.6. The summed E-state index contributed by atoms with van der Waals surface area (Å²) >= 11 is 0. The van der Waals surface area contributed by atoms with Crippen molar-refractivity contribution in [2.24, 2.45) is 0 Å². The van der Waals surface area contributed by atoms with Crippen LogP contribution in [0.25, 0.3) is 11.3 Å². The minimum Gasteiger partial charge on any atom is -0.364 e. The fourth-order valence-electron chi connectivity index (χ4n) is 3.47. The molecule has 138 valence electrons. The second-order valence-electron chi connectivity index (χ2n) is 6.98. The molecule has 1 aromatic carbocycles. The monoisotopic (exact) mass is 359 g/mol. The van der Waals surface area contributed by atoms with Crippen LogP contribution in [0.15, 0.2) is 60.8 Å². The second-order valence-corrected chi connectivity index (χ2v) is 6.98. The summed E-state index contributed by atoms with van der Waals surface area (Å²) in [6.45, 7) is 0.634. The third kappa shape index (κ3) is 4.82. The molecule has 2 aromatic heterocycles. The molecule has 0 atom stereocenters. The van der Waals surface area contributed by atoms with Crippen LogP contribution in [0, 0.1) is 0 Å². The summed E-state index contributed by atoms with van der Waals surface area (Å²) in [7, 11) is 0. The van der Waals surface area contributed by atoms with Gasteiger partial charge in [0.15, 0.2) is 0 Å². The van der Waals surface area contributed by atoms with E-state index in [2.05, 4.69) is 27.8 Å². The number of rotatable bonds is 6. The third-order valence-corrected chi connectivity index (χ3v) is 4.91. The van der Waals surface area contributed by atoms with Crippen molar-refractivity contribution in [3.63, 3.8) is 0 Å². The van der Waals surface area contributed by atoms with Crippen molar-refractivity contribution in [3.05, 3.63) is 66.5 Å². The van der Waals surface area contributed by atoms with Crippen molar-refractivity contribution in [1.82, 2.24) is 15.0 Å². The van der Waals surface area contributed by atoms with Crippen molar-refractivity contribution in [2.45, 2.75) is 44.7 Å². The molecule has 27 heavy (non-hydrogen) atoms. The van der Waals surface area contributed by atoms with Gasteiger partial charge in [0.25, 0.3) is 0 Å². The Kier molecular flexibility index (Phi) is 5.58. The van der Waals surface area contributed by atoms with Crippen molar-refractivity contribution in [3.8, 4) is 11.3 Å². The van der Waals surface area contributed by atoms with Gasteiger partial charge in [-0.2, -0.15) is 4.98 Å². The van der Waals surface area contributed by atoms with Gasteiger partial charge in [0.05, 0.1) is 17.9 Å². The molecular weight excluding hydrogens is 334 g/mol. The number of hydrogen-bond acceptors (Lipinski definition) is 5. The molecule has 1 saturated carbocycles. The van der Waals surface area contributed by atoms with E-state index in [4.69, 9.17) is 9.97 Å². The van der Waals surface area contributed by atoms with Crippen molar-refractivity contribution < 1.29 is 0 Å². The average molecular weight is 359 g/mol. The highest BCUT2D eigenvalue weighted by Gasteiger charge is 2.15. The highest BCUT2D eigenvalue weighted by molar-refractivity contribution is 5.64. The predicted molar refractivity (Wildman–Crippen MR) is 110 cm³/mol. The van der Waals surface area contributed by atoms with Gasteiger partial charge in [0.2, 0.25) is 5.95 Å². The number of pyridine rings is 1. The van der Waals surface area contributed by atoms with Crippen LogP contribution in [0.1, 0.15) is 37.8 Å². The second kappa shape index (κ2) is 8.62. The van der Waals surface area contributed by atoms with E-state index in [0.717, 1.165) is 22.8 Å². The van der Waals surface area contributed by atoms with Crippen LogP contribution in [0.2, 0.25) is 0 Å². The Morgan fingerprint density at radius 3 is 2.48 bits per heavy atom. The van der Waals surface area contributed by atoms with Crippen molar-refractivity contribution in [2.75, 3.05) is 10.6 Å². The topological polar surface area (TPSA) is 62.7 Å². The van der Waals surface area contributed by atoms with Gasteiger partial charge in [-0.25, -0.2) is 4.98 Å². The van der Waals surface area contributed by atoms with E-state index in [1.54, 1.807) is 0 Å². The number of hydrogen-bond donors (Lipinski definition) is 2. The first-order chi connectivity index (χ1) is 13.4. The summed E-state index contributed by atoms with van der Waals surface area (Å²) in [5, 5.41) is 6.95. The van der Waals surface area contributed by atoms with Crippen LogP contribution in [-0.4, -0.2) is 21.0 Å². The molecule has 4 rings (SSSR count). The van der Waals surface area contributed by atoms with Gasteiger partial charge in [0.1, 0.15) is 5.82 Å². The molecule has 1 aliphatic carbocycles. The maximum absolute atomic E-state index is 4.77. The van der Waals surface area contributed by atoms with E-state index in [9.17, 15) is 0 Å². The molecule has 1 aliphatic rings. The average Bonchev–Trinajstić information content (AvgIpc) is 2.74. The first kappa shape index (κ1) is 17.5. The zero-order valence-electron chi connectivity index (χ0n) is 15.4. The number of aromatic nitrogens is 3. The van der Waals surface area contributed by atoms with Crippen LogP contribution in [0.4, 0.5) is 11.8 Å².